The maximum absolute atomic E-state index is 15.1. The molecule has 0 aliphatic heterocycles. The topological polar surface area (TPSA) is 38.7 Å². The number of aliphatic hydroxyl groups is 1. The van der Waals surface area contributed by atoms with Crippen LogP contribution in [0.25, 0.3) is 11.1 Å². The minimum Gasteiger partial charge on any atom is -0.491 e. The molecule has 0 bridgehead atoms. The lowest BCUT2D eigenvalue weighted by Gasteiger charge is -2.32. The van der Waals surface area contributed by atoms with Gasteiger partial charge in [-0.2, -0.15) is 4.39 Å². The van der Waals surface area contributed by atoms with E-state index in [0.29, 0.717) is 16.9 Å². The highest BCUT2D eigenvalue weighted by atomic mass is 19.2. The molecule has 0 amide bonds. The van der Waals surface area contributed by atoms with Crippen LogP contribution < -0.4 is 9.47 Å². The summed E-state index contributed by atoms with van der Waals surface area (Å²) in [5.41, 5.74) is 1.04. The smallest absolute Gasteiger partial charge is 0.201 e. The third-order valence-electron chi connectivity index (χ3n) is 7.44. The van der Waals surface area contributed by atoms with Crippen molar-refractivity contribution in [2.24, 2.45) is 5.92 Å². The van der Waals surface area contributed by atoms with E-state index in [9.17, 15) is 13.9 Å². The number of rotatable bonds is 10. The minimum atomic E-state index is -1.06. The van der Waals surface area contributed by atoms with Gasteiger partial charge in [0.25, 0.3) is 0 Å². The molecule has 4 rings (SSSR count). The fourth-order valence-corrected chi connectivity index (χ4v) is 5.29. The van der Waals surface area contributed by atoms with Gasteiger partial charge < -0.3 is 14.6 Å². The number of hydrogen-bond acceptors (Lipinski definition) is 3. The summed E-state index contributed by atoms with van der Waals surface area (Å²) in [5, 5.41) is 10.3. The standard InChI is InChI=1S/C31H34F4O3/c1-3-5-26(36)21-8-6-19(7-9-21)24-15-16-25(30(34)29(24)33)20-10-13-23(14-11-20)38-18-22-12-17-27(37-4-2)31(35)28(22)32/h10-17,19,21,26,36H,3-9,18H2,1-2H3. The monoisotopic (exact) mass is 530 g/mol. The quantitative estimate of drug-likeness (QED) is 0.268. The second-order valence-corrected chi connectivity index (χ2v) is 9.89. The zero-order valence-corrected chi connectivity index (χ0v) is 21.8. The van der Waals surface area contributed by atoms with Gasteiger partial charge in [0.15, 0.2) is 23.2 Å². The summed E-state index contributed by atoms with van der Waals surface area (Å²) in [5.74, 6) is -3.43. The maximum atomic E-state index is 15.1. The van der Waals surface area contributed by atoms with E-state index in [2.05, 4.69) is 0 Å². The van der Waals surface area contributed by atoms with Gasteiger partial charge in [-0.1, -0.05) is 37.6 Å². The van der Waals surface area contributed by atoms with E-state index in [0.717, 1.165) is 38.5 Å². The number of benzene rings is 3. The summed E-state index contributed by atoms with van der Waals surface area (Å²) in [6, 6.07) is 12.4. The fourth-order valence-electron chi connectivity index (χ4n) is 5.29. The lowest BCUT2D eigenvalue weighted by Crippen LogP contribution is -2.25. The molecular weight excluding hydrogens is 496 g/mol. The van der Waals surface area contributed by atoms with E-state index < -0.39 is 23.3 Å². The van der Waals surface area contributed by atoms with Gasteiger partial charge in [-0.15, -0.1) is 0 Å². The third kappa shape index (κ3) is 6.15. The molecule has 0 heterocycles. The molecule has 0 radical (unpaired) electrons. The van der Waals surface area contributed by atoms with Crippen molar-refractivity contribution in [3.05, 3.63) is 82.9 Å². The molecule has 1 atom stereocenters. The summed E-state index contributed by atoms with van der Waals surface area (Å²) >= 11 is 0. The number of hydrogen-bond donors (Lipinski definition) is 1. The molecule has 1 N–H and O–H groups in total. The summed E-state index contributed by atoms with van der Waals surface area (Å²) in [6.07, 6.45) is 4.45. The highest BCUT2D eigenvalue weighted by Gasteiger charge is 2.29. The summed E-state index contributed by atoms with van der Waals surface area (Å²) in [6.45, 7) is 3.74. The van der Waals surface area contributed by atoms with Crippen LogP contribution >= 0.6 is 0 Å². The van der Waals surface area contributed by atoms with E-state index in [1.54, 1.807) is 43.3 Å². The summed E-state index contributed by atoms with van der Waals surface area (Å²) in [4.78, 5) is 0. The molecule has 0 saturated heterocycles. The Morgan fingerprint density at radius 2 is 1.50 bits per heavy atom. The molecule has 1 fully saturated rings. The molecule has 0 spiro atoms. The Balaban J connectivity index is 1.41. The van der Waals surface area contributed by atoms with Crippen molar-refractivity contribution in [3.63, 3.8) is 0 Å². The van der Waals surface area contributed by atoms with Crippen LogP contribution in [0.5, 0.6) is 11.5 Å². The minimum absolute atomic E-state index is 0.0349. The van der Waals surface area contributed by atoms with Crippen molar-refractivity contribution in [2.75, 3.05) is 6.61 Å². The van der Waals surface area contributed by atoms with Crippen LogP contribution in [0.4, 0.5) is 17.6 Å². The van der Waals surface area contributed by atoms with Crippen LogP contribution in [-0.4, -0.2) is 17.8 Å². The van der Waals surface area contributed by atoms with E-state index >= 15 is 8.78 Å². The Morgan fingerprint density at radius 1 is 0.789 bits per heavy atom. The van der Waals surface area contributed by atoms with Gasteiger partial charge in [-0.05, 0) is 86.3 Å². The van der Waals surface area contributed by atoms with Gasteiger partial charge in [0.05, 0.1) is 12.7 Å². The Kier molecular flexibility index (Phi) is 9.31. The first-order valence-electron chi connectivity index (χ1n) is 13.3. The second-order valence-electron chi connectivity index (χ2n) is 9.89. The number of halogens is 4. The van der Waals surface area contributed by atoms with E-state index in [1.807, 2.05) is 6.92 Å². The zero-order chi connectivity index (χ0) is 27.2. The van der Waals surface area contributed by atoms with Crippen LogP contribution in [0.2, 0.25) is 0 Å². The average molecular weight is 531 g/mol. The fraction of sp³-hybridized carbons (Fsp3) is 0.419. The molecule has 204 valence electrons. The maximum Gasteiger partial charge on any atom is 0.201 e. The molecule has 3 nitrogen and oxygen atoms in total. The summed E-state index contributed by atoms with van der Waals surface area (Å²) in [7, 11) is 0. The van der Waals surface area contributed by atoms with Crippen molar-refractivity contribution in [3.8, 4) is 22.6 Å². The van der Waals surface area contributed by atoms with Gasteiger partial charge in [0, 0.05) is 11.1 Å². The lowest BCUT2D eigenvalue weighted by molar-refractivity contribution is 0.0727. The average Bonchev–Trinajstić information content (AvgIpc) is 2.93. The molecule has 1 saturated carbocycles. The predicted octanol–water partition coefficient (Wildman–Crippen LogP) is 8.32. The zero-order valence-electron chi connectivity index (χ0n) is 21.8. The molecule has 1 unspecified atom stereocenters. The number of aliphatic hydroxyl groups excluding tert-OH is 1. The molecule has 3 aromatic rings. The highest BCUT2D eigenvalue weighted by molar-refractivity contribution is 5.65. The van der Waals surface area contributed by atoms with Crippen molar-refractivity contribution < 1.29 is 32.1 Å². The first kappa shape index (κ1) is 28.0. The van der Waals surface area contributed by atoms with Crippen LogP contribution in [0.3, 0.4) is 0 Å². The Morgan fingerprint density at radius 3 is 2.16 bits per heavy atom. The van der Waals surface area contributed by atoms with E-state index in [1.165, 1.54) is 12.1 Å². The molecule has 0 aromatic heterocycles. The van der Waals surface area contributed by atoms with Gasteiger partial charge in [0.1, 0.15) is 12.4 Å². The molecule has 7 heteroatoms. The largest absolute Gasteiger partial charge is 0.491 e. The van der Waals surface area contributed by atoms with Crippen molar-refractivity contribution in [1.82, 2.24) is 0 Å². The third-order valence-corrected chi connectivity index (χ3v) is 7.44. The molecule has 38 heavy (non-hydrogen) atoms. The Labute approximate surface area is 221 Å². The van der Waals surface area contributed by atoms with E-state index in [-0.39, 0.29) is 48.0 Å². The number of ether oxygens (including phenoxy) is 2. The first-order chi connectivity index (χ1) is 18.3. The van der Waals surface area contributed by atoms with Crippen LogP contribution in [-0.2, 0) is 6.61 Å². The highest BCUT2D eigenvalue weighted by Crippen LogP contribution is 2.40. The molecular formula is C31H34F4O3. The van der Waals surface area contributed by atoms with Gasteiger partial charge in [0.2, 0.25) is 5.82 Å². The van der Waals surface area contributed by atoms with E-state index in [4.69, 9.17) is 9.47 Å². The van der Waals surface area contributed by atoms with Crippen LogP contribution in [0.1, 0.15) is 69.4 Å². The summed E-state index contributed by atoms with van der Waals surface area (Å²) < 4.78 is 69.2. The van der Waals surface area contributed by atoms with Gasteiger partial charge in [-0.3, -0.25) is 0 Å². The Hall–Kier alpha value is -3.06. The van der Waals surface area contributed by atoms with Gasteiger partial charge in [-0.25, -0.2) is 13.2 Å². The second kappa shape index (κ2) is 12.7. The molecule has 1 aliphatic rings. The van der Waals surface area contributed by atoms with Crippen LogP contribution in [0.15, 0.2) is 48.5 Å². The first-order valence-corrected chi connectivity index (χ1v) is 13.3. The predicted molar refractivity (Wildman–Crippen MR) is 139 cm³/mol. The van der Waals surface area contributed by atoms with Crippen LogP contribution in [0, 0.1) is 29.2 Å². The molecule has 3 aromatic carbocycles. The Bertz CT molecular complexity index is 1220. The lowest BCUT2D eigenvalue weighted by atomic mass is 9.75. The van der Waals surface area contributed by atoms with Crippen molar-refractivity contribution >= 4 is 0 Å². The van der Waals surface area contributed by atoms with Crippen molar-refractivity contribution in [2.45, 2.75) is 71.0 Å². The normalized spacial score (nSPS) is 18.3. The van der Waals surface area contributed by atoms with Crippen molar-refractivity contribution in [1.29, 1.82) is 0 Å². The molecule has 1 aliphatic carbocycles. The SMILES string of the molecule is CCCC(O)C1CCC(c2ccc(-c3ccc(OCc4ccc(OCC)c(F)c4F)cc3)c(F)c2F)CC1. The van der Waals surface area contributed by atoms with Gasteiger partial charge >= 0.3 is 0 Å².